The van der Waals surface area contributed by atoms with Crippen LogP contribution in [0.4, 0.5) is 0 Å². The molecule has 0 aliphatic carbocycles. The molecule has 0 spiro atoms. The highest BCUT2D eigenvalue weighted by Crippen LogP contribution is 2.16. The molecular weight excluding hydrogens is 256 g/mol. The number of pyridine rings is 1. The van der Waals surface area contributed by atoms with E-state index in [2.05, 4.69) is 10.3 Å². The Morgan fingerprint density at radius 2 is 2.05 bits per heavy atom. The lowest BCUT2D eigenvalue weighted by Crippen LogP contribution is -2.32. The fourth-order valence-corrected chi connectivity index (χ4v) is 1.90. The minimum atomic E-state index is -0.919. The fraction of sp³-hybridized carbons (Fsp3) is 0.267. The van der Waals surface area contributed by atoms with Gasteiger partial charge in [0.25, 0.3) is 0 Å². The van der Waals surface area contributed by atoms with Crippen LogP contribution in [-0.2, 0) is 16.0 Å². The molecule has 0 aliphatic rings. The molecule has 2 aromatic rings. The molecule has 2 N–H and O–H groups in total. The summed E-state index contributed by atoms with van der Waals surface area (Å²) in [7, 11) is 0. The van der Waals surface area contributed by atoms with E-state index >= 15 is 0 Å². The summed E-state index contributed by atoms with van der Waals surface area (Å²) in [5.41, 5.74) is 1.64. The van der Waals surface area contributed by atoms with Crippen LogP contribution >= 0.6 is 0 Å². The molecule has 20 heavy (non-hydrogen) atoms. The molecule has 1 atom stereocenters. The van der Waals surface area contributed by atoms with Crippen LogP contribution in [0.5, 0.6) is 0 Å². The Balaban J connectivity index is 2.05. The summed E-state index contributed by atoms with van der Waals surface area (Å²) < 4.78 is 0. The SMILES string of the molecule is CC(CNC(=O)Cc1cccc2cccnc12)C(=O)O. The van der Waals surface area contributed by atoms with Gasteiger partial charge in [-0.3, -0.25) is 14.6 Å². The zero-order valence-electron chi connectivity index (χ0n) is 11.2. The van der Waals surface area contributed by atoms with E-state index < -0.39 is 11.9 Å². The Labute approximate surface area is 116 Å². The summed E-state index contributed by atoms with van der Waals surface area (Å²) in [6, 6.07) is 9.47. The van der Waals surface area contributed by atoms with Crippen molar-refractivity contribution < 1.29 is 14.7 Å². The van der Waals surface area contributed by atoms with Crippen LogP contribution < -0.4 is 5.32 Å². The molecule has 5 nitrogen and oxygen atoms in total. The number of carboxylic acid groups (broad SMARTS) is 1. The van der Waals surface area contributed by atoms with E-state index in [1.807, 2.05) is 30.3 Å². The Kier molecular flexibility index (Phi) is 4.30. The zero-order valence-corrected chi connectivity index (χ0v) is 11.2. The number of nitrogens with one attached hydrogen (secondary N) is 1. The van der Waals surface area contributed by atoms with Crippen LogP contribution in [-0.4, -0.2) is 28.5 Å². The molecule has 1 aromatic heterocycles. The number of hydrogen-bond donors (Lipinski definition) is 2. The summed E-state index contributed by atoms with van der Waals surface area (Å²) in [5.74, 6) is -1.71. The van der Waals surface area contributed by atoms with Crippen molar-refractivity contribution in [2.24, 2.45) is 5.92 Å². The van der Waals surface area contributed by atoms with E-state index in [4.69, 9.17) is 5.11 Å². The second kappa shape index (κ2) is 6.14. The van der Waals surface area contributed by atoms with Crippen LogP contribution in [0.2, 0.25) is 0 Å². The average molecular weight is 272 g/mol. The molecule has 0 saturated carbocycles. The minimum Gasteiger partial charge on any atom is -0.481 e. The van der Waals surface area contributed by atoms with Crippen molar-refractivity contribution in [1.29, 1.82) is 0 Å². The molecule has 0 aliphatic heterocycles. The normalized spacial score (nSPS) is 12.1. The van der Waals surface area contributed by atoms with Crippen molar-refractivity contribution in [2.45, 2.75) is 13.3 Å². The van der Waals surface area contributed by atoms with Gasteiger partial charge in [-0.2, -0.15) is 0 Å². The number of nitrogens with zero attached hydrogens (tertiary/aromatic N) is 1. The number of fused-ring (bicyclic) bond motifs is 1. The first-order valence-corrected chi connectivity index (χ1v) is 6.40. The van der Waals surface area contributed by atoms with Gasteiger partial charge in [-0.15, -0.1) is 0 Å². The number of carbonyl (C=O) groups is 2. The Bertz CT molecular complexity index is 635. The molecule has 1 amide bonds. The van der Waals surface area contributed by atoms with E-state index in [9.17, 15) is 9.59 Å². The first-order valence-electron chi connectivity index (χ1n) is 6.40. The van der Waals surface area contributed by atoms with Gasteiger partial charge in [-0.05, 0) is 11.6 Å². The number of carboxylic acids is 1. The summed E-state index contributed by atoms with van der Waals surface area (Å²) >= 11 is 0. The standard InChI is InChI=1S/C15H16N2O3/c1-10(15(19)20)9-17-13(18)8-12-5-2-4-11-6-3-7-16-14(11)12/h2-7,10H,8-9H2,1H3,(H,17,18)(H,19,20). The predicted octanol–water partition coefficient (Wildman–Crippen LogP) is 1.61. The van der Waals surface area contributed by atoms with Crippen LogP contribution in [0.25, 0.3) is 10.9 Å². The first kappa shape index (κ1) is 14.0. The molecular formula is C15H16N2O3. The number of hydrogen-bond acceptors (Lipinski definition) is 3. The highest BCUT2D eigenvalue weighted by Gasteiger charge is 2.13. The Hall–Kier alpha value is -2.43. The smallest absolute Gasteiger partial charge is 0.308 e. The topological polar surface area (TPSA) is 79.3 Å². The number of benzene rings is 1. The van der Waals surface area contributed by atoms with E-state index in [-0.39, 0.29) is 18.9 Å². The Morgan fingerprint density at radius 3 is 2.80 bits per heavy atom. The van der Waals surface area contributed by atoms with Gasteiger partial charge in [0.05, 0.1) is 17.9 Å². The number of amides is 1. The van der Waals surface area contributed by atoms with Gasteiger partial charge in [-0.25, -0.2) is 0 Å². The quantitative estimate of drug-likeness (QED) is 0.866. The van der Waals surface area contributed by atoms with Gasteiger partial charge in [0.2, 0.25) is 5.91 Å². The summed E-state index contributed by atoms with van der Waals surface area (Å²) in [4.78, 5) is 26.8. The number of para-hydroxylation sites is 1. The highest BCUT2D eigenvalue weighted by atomic mass is 16.4. The lowest BCUT2D eigenvalue weighted by molar-refractivity contribution is -0.141. The lowest BCUT2D eigenvalue weighted by atomic mass is 10.1. The van der Waals surface area contributed by atoms with Crippen molar-refractivity contribution in [3.8, 4) is 0 Å². The highest BCUT2D eigenvalue weighted by molar-refractivity contribution is 5.87. The van der Waals surface area contributed by atoms with Crippen molar-refractivity contribution in [2.75, 3.05) is 6.54 Å². The minimum absolute atomic E-state index is 0.131. The van der Waals surface area contributed by atoms with Gasteiger partial charge in [0.1, 0.15) is 0 Å². The molecule has 1 aromatic carbocycles. The summed E-state index contributed by atoms with van der Waals surface area (Å²) in [6.07, 6.45) is 1.89. The van der Waals surface area contributed by atoms with E-state index in [0.29, 0.717) is 0 Å². The molecule has 1 unspecified atom stereocenters. The molecule has 5 heteroatoms. The lowest BCUT2D eigenvalue weighted by Gasteiger charge is -2.09. The maximum atomic E-state index is 11.9. The van der Waals surface area contributed by atoms with E-state index in [1.54, 1.807) is 13.1 Å². The maximum Gasteiger partial charge on any atom is 0.308 e. The van der Waals surface area contributed by atoms with Crippen LogP contribution in [0.15, 0.2) is 36.5 Å². The number of aromatic nitrogens is 1. The van der Waals surface area contributed by atoms with Gasteiger partial charge in [-0.1, -0.05) is 31.2 Å². The third kappa shape index (κ3) is 3.32. The fourth-order valence-electron chi connectivity index (χ4n) is 1.90. The van der Waals surface area contributed by atoms with Crippen LogP contribution in [0.1, 0.15) is 12.5 Å². The van der Waals surface area contributed by atoms with Crippen molar-refractivity contribution in [3.05, 3.63) is 42.1 Å². The largest absolute Gasteiger partial charge is 0.481 e. The van der Waals surface area contributed by atoms with Crippen LogP contribution in [0.3, 0.4) is 0 Å². The van der Waals surface area contributed by atoms with Crippen LogP contribution in [0, 0.1) is 5.92 Å². The summed E-state index contributed by atoms with van der Waals surface area (Å²) in [5, 5.41) is 12.4. The third-order valence-electron chi connectivity index (χ3n) is 3.09. The molecule has 0 bridgehead atoms. The van der Waals surface area contributed by atoms with Gasteiger partial charge in [0, 0.05) is 18.1 Å². The summed E-state index contributed by atoms with van der Waals surface area (Å²) in [6.45, 7) is 1.69. The molecule has 2 rings (SSSR count). The number of aliphatic carboxylic acids is 1. The molecule has 0 fully saturated rings. The van der Waals surface area contributed by atoms with Crippen molar-refractivity contribution >= 4 is 22.8 Å². The molecule has 104 valence electrons. The zero-order chi connectivity index (χ0) is 14.5. The Morgan fingerprint density at radius 1 is 1.30 bits per heavy atom. The maximum absolute atomic E-state index is 11.9. The first-order chi connectivity index (χ1) is 9.58. The molecule has 0 saturated heterocycles. The number of rotatable bonds is 5. The van der Waals surface area contributed by atoms with Gasteiger partial charge < -0.3 is 10.4 Å². The van der Waals surface area contributed by atoms with Crippen molar-refractivity contribution in [3.63, 3.8) is 0 Å². The van der Waals surface area contributed by atoms with E-state index in [0.717, 1.165) is 16.5 Å². The average Bonchev–Trinajstić information content (AvgIpc) is 2.45. The van der Waals surface area contributed by atoms with Gasteiger partial charge in [0.15, 0.2) is 0 Å². The van der Waals surface area contributed by atoms with Gasteiger partial charge >= 0.3 is 5.97 Å². The predicted molar refractivity (Wildman–Crippen MR) is 75.3 cm³/mol. The van der Waals surface area contributed by atoms with Crippen molar-refractivity contribution in [1.82, 2.24) is 10.3 Å². The number of carbonyl (C=O) groups excluding carboxylic acids is 1. The molecule has 0 radical (unpaired) electrons. The third-order valence-corrected chi connectivity index (χ3v) is 3.09. The second-order valence-corrected chi connectivity index (χ2v) is 4.71. The monoisotopic (exact) mass is 272 g/mol. The molecule has 1 heterocycles. The second-order valence-electron chi connectivity index (χ2n) is 4.71. The van der Waals surface area contributed by atoms with E-state index in [1.165, 1.54) is 0 Å².